The van der Waals surface area contributed by atoms with Crippen LogP contribution in [0.4, 0.5) is 5.82 Å². The van der Waals surface area contributed by atoms with Crippen LogP contribution in [0.15, 0.2) is 43.0 Å². The number of methoxy groups -OCH3 is 1. The maximum Gasteiger partial charge on any atom is 0.270 e. The molecule has 0 atom stereocenters. The van der Waals surface area contributed by atoms with Crippen LogP contribution in [0.3, 0.4) is 0 Å². The molecule has 2 rings (SSSR count). The maximum atomic E-state index is 12.0. The Hall–Kier alpha value is -2.89. The summed E-state index contributed by atoms with van der Waals surface area (Å²) in [5.41, 5.74) is 1.50. The quantitative estimate of drug-likeness (QED) is 0.728. The van der Waals surface area contributed by atoms with Crippen LogP contribution >= 0.6 is 0 Å². The largest absolute Gasteiger partial charge is 0.497 e. The summed E-state index contributed by atoms with van der Waals surface area (Å²) in [6, 6.07) is 9.57. The van der Waals surface area contributed by atoms with Gasteiger partial charge in [-0.05, 0) is 31.0 Å². The van der Waals surface area contributed by atoms with Crippen LogP contribution in [-0.4, -0.2) is 36.1 Å². The van der Waals surface area contributed by atoms with Gasteiger partial charge < -0.3 is 15.4 Å². The fourth-order valence-corrected chi connectivity index (χ4v) is 2.19. The van der Waals surface area contributed by atoms with E-state index in [4.69, 9.17) is 4.74 Å². The van der Waals surface area contributed by atoms with E-state index in [0.717, 1.165) is 17.7 Å². The Morgan fingerprint density at radius 3 is 2.92 bits per heavy atom. The van der Waals surface area contributed by atoms with E-state index in [1.165, 1.54) is 0 Å². The van der Waals surface area contributed by atoms with Gasteiger partial charge in [-0.25, -0.2) is 9.97 Å². The molecule has 0 unspecified atom stereocenters. The van der Waals surface area contributed by atoms with Crippen molar-refractivity contribution in [2.45, 2.75) is 13.3 Å². The molecular weight excluding hydrogens is 304 g/mol. The summed E-state index contributed by atoms with van der Waals surface area (Å²) in [6.45, 7) is 6.43. The van der Waals surface area contributed by atoms with Crippen molar-refractivity contribution in [3.8, 4) is 5.75 Å². The van der Waals surface area contributed by atoms with Crippen LogP contribution in [0, 0.1) is 6.92 Å². The Morgan fingerprint density at radius 2 is 2.17 bits per heavy atom. The van der Waals surface area contributed by atoms with Crippen molar-refractivity contribution in [2.24, 2.45) is 0 Å². The molecule has 0 fully saturated rings. The number of ether oxygens (including phenoxy) is 1. The monoisotopic (exact) mass is 326 g/mol. The lowest BCUT2D eigenvalue weighted by molar-refractivity contribution is 0.0952. The molecule has 1 aromatic carbocycles. The molecule has 0 saturated carbocycles. The van der Waals surface area contributed by atoms with E-state index in [2.05, 4.69) is 27.2 Å². The van der Waals surface area contributed by atoms with Crippen molar-refractivity contribution < 1.29 is 9.53 Å². The first-order valence-corrected chi connectivity index (χ1v) is 7.74. The summed E-state index contributed by atoms with van der Waals surface area (Å²) < 4.78 is 5.22. The van der Waals surface area contributed by atoms with Crippen molar-refractivity contribution in [3.05, 3.63) is 60.1 Å². The van der Waals surface area contributed by atoms with Crippen molar-refractivity contribution in [2.75, 3.05) is 25.5 Å². The van der Waals surface area contributed by atoms with Crippen LogP contribution in [0.1, 0.15) is 21.9 Å². The second-order valence-electron chi connectivity index (χ2n) is 5.21. The SMILES string of the molecule is C=CCNC(=O)c1cc(NCCc2cccc(OC)c2)nc(C)n1. The lowest BCUT2D eigenvalue weighted by Gasteiger charge is -2.09. The van der Waals surface area contributed by atoms with Gasteiger partial charge in [0.05, 0.1) is 7.11 Å². The third kappa shape index (κ3) is 5.08. The number of aromatic nitrogens is 2. The second kappa shape index (κ2) is 8.67. The highest BCUT2D eigenvalue weighted by molar-refractivity contribution is 5.93. The van der Waals surface area contributed by atoms with Gasteiger partial charge in [0.25, 0.3) is 5.91 Å². The Bertz CT molecular complexity index is 716. The zero-order valence-corrected chi connectivity index (χ0v) is 14.0. The third-order valence-corrected chi connectivity index (χ3v) is 3.33. The Morgan fingerprint density at radius 1 is 1.33 bits per heavy atom. The first-order chi connectivity index (χ1) is 11.6. The summed E-state index contributed by atoms with van der Waals surface area (Å²) in [5, 5.41) is 5.94. The Labute approximate surface area is 142 Å². The second-order valence-corrected chi connectivity index (χ2v) is 5.21. The number of nitrogens with zero attached hydrogens (tertiary/aromatic N) is 2. The summed E-state index contributed by atoms with van der Waals surface area (Å²) in [5.74, 6) is 1.78. The lowest BCUT2D eigenvalue weighted by Crippen LogP contribution is -2.25. The minimum atomic E-state index is -0.240. The lowest BCUT2D eigenvalue weighted by atomic mass is 10.1. The van der Waals surface area contributed by atoms with Crippen LogP contribution in [0.25, 0.3) is 0 Å². The number of aryl methyl sites for hydroxylation is 1. The van der Waals surface area contributed by atoms with Crippen molar-refractivity contribution in [1.29, 1.82) is 0 Å². The predicted octanol–water partition coefficient (Wildman–Crippen LogP) is 2.36. The van der Waals surface area contributed by atoms with Crippen LogP contribution in [0.2, 0.25) is 0 Å². The minimum Gasteiger partial charge on any atom is -0.497 e. The van der Waals surface area contributed by atoms with Crippen LogP contribution in [0.5, 0.6) is 5.75 Å². The molecule has 0 saturated heterocycles. The molecule has 0 spiro atoms. The molecule has 1 heterocycles. The number of hydrogen-bond donors (Lipinski definition) is 2. The molecule has 6 nitrogen and oxygen atoms in total. The fraction of sp³-hybridized carbons (Fsp3) is 0.278. The summed E-state index contributed by atoms with van der Waals surface area (Å²) in [4.78, 5) is 20.5. The van der Waals surface area contributed by atoms with Gasteiger partial charge in [-0.3, -0.25) is 4.79 Å². The Kier molecular flexibility index (Phi) is 6.31. The van der Waals surface area contributed by atoms with Gasteiger partial charge in [-0.1, -0.05) is 18.2 Å². The highest BCUT2D eigenvalue weighted by atomic mass is 16.5. The molecule has 1 aromatic heterocycles. The smallest absolute Gasteiger partial charge is 0.270 e. The number of carbonyl (C=O) groups is 1. The van der Waals surface area contributed by atoms with Gasteiger partial charge in [0.1, 0.15) is 23.1 Å². The maximum absolute atomic E-state index is 12.0. The van der Waals surface area contributed by atoms with E-state index in [-0.39, 0.29) is 5.91 Å². The van der Waals surface area contributed by atoms with Crippen molar-refractivity contribution >= 4 is 11.7 Å². The van der Waals surface area contributed by atoms with E-state index < -0.39 is 0 Å². The number of benzene rings is 1. The first-order valence-electron chi connectivity index (χ1n) is 7.74. The third-order valence-electron chi connectivity index (χ3n) is 3.33. The number of hydrogen-bond acceptors (Lipinski definition) is 5. The van der Waals surface area contributed by atoms with Crippen molar-refractivity contribution in [3.63, 3.8) is 0 Å². The average molecular weight is 326 g/mol. The summed E-state index contributed by atoms with van der Waals surface area (Å²) >= 11 is 0. The van der Waals surface area contributed by atoms with E-state index in [0.29, 0.717) is 30.4 Å². The number of nitrogens with one attached hydrogen (secondary N) is 2. The number of carbonyl (C=O) groups excluding carboxylic acids is 1. The van der Waals surface area contributed by atoms with Gasteiger partial charge in [0.2, 0.25) is 0 Å². The molecule has 0 radical (unpaired) electrons. The van der Waals surface area contributed by atoms with Gasteiger partial charge in [0, 0.05) is 19.2 Å². The van der Waals surface area contributed by atoms with Gasteiger partial charge in [-0.15, -0.1) is 6.58 Å². The molecule has 24 heavy (non-hydrogen) atoms. The zero-order valence-electron chi connectivity index (χ0n) is 14.0. The number of amides is 1. The molecule has 0 aliphatic heterocycles. The predicted molar refractivity (Wildman–Crippen MR) is 94.5 cm³/mol. The summed E-state index contributed by atoms with van der Waals surface area (Å²) in [7, 11) is 1.65. The van der Waals surface area contributed by atoms with E-state index in [1.807, 2.05) is 24.3 Å². The van der Waals surface area contributed by atoms with Crippen molar-refractivity contribution in [1.82, 2.24) is 15.3 Å². The highest BCUT2D eigenvalue weighted by Gasteiger charge is 2.09. The molecule has 6 heteroatoms. The zero-order chi connectivity index (χ0) is 17.4. The molecular formula is C18H22N4O2. The first kappa shape index (κ1) is 17.5. The van der Waals surface area contributed by atoms with Gasteiger partial charge >= 0.3 is 0 Å². The minimum absolute atomic E-state index is 0.240. The molecule has 2 N–H and O–H groups in total. The molecule has 0 aliphatic carbocycles. The van der Waals surface area contributed by atoms with E-state index in [9.17, 15) is 4.79 Å². The van der Waals surface area contributed by atoms with Crippen LogP contribution in [-0.2, 0) is 6.42 Å². The van der Waals surface area contributed by atoms with Gasteiger partial charge in [0.15, 0.2) is 0 Å². The van der Waals surface area contributed by atoms with E-state index >= 15 is 0 Å². The molecule has 2 aromatic rings. The van der Waals surface area contributed by atoms with Gasteiger partial charge in [-0.2, -0.15) is 0 Å². The number of anilines is 1. The molecule has 1 amide bonds. The number of rotatable bonds is 8. The molecule has 126 valence electrons. The highest BCUT2D eigenvalue weighted by Crippen LogP contribution is 2.13. The van der Waals surface area contributed by atoms with E-state index in [1.54, 1.807) is 26.2 Å². The molecule has 0 bridgehead atoms. The summed E-state index contributed by atoms with van der Waals surface area (Å²) in [6.07, 6.45) is 2.44. The molecule has 0 aliphatic rings. The topological polar surface area (TPSA) is 76.1 Å². The average Bonchev–Trinajstić information content (AvgIpc) is 2.59. The standard InChI is InChI=1S/C18H22N4O2/c1-4-9-20-18(23)16-12-17(22-13(2)21-16)19-10-8-14-6-5-7-15(11-14)24-3/h4-7,11-12H,1,8-10H2,2-3H3,(H,20,23)(H,19,21,22). The normalized spacial score (nSPS) is 10.1. The Balaban J connectivity index is 1.97. The fourth-order valence-electron chi connectivity index (χ4n) is 2.19. The van der Waals surface area contributed by atoms with Crippen LogP contribution < -0.4 is 15.4 Å².